The third kappa shape index (κ3) is 3.51. The van der Waals surface area contributed by atoms with Crippen molar-refractivity contribution < 1.29 is 9.59 Å². The standard InChI is InChI=1S/C17H21BrN2O2/c18-15-7-3-2-6-12(15)13-10-14(13)17(22)19-11-16(21)20-8-4-1-5-9-20/h2-3,6-7,13-14H,1,4-5,8-11H2,(H,19,22). The first-order valence-corrected chi connectivity index (χ1v) is 8.76. The van der Waals surface area contributed by atoms with Gasteiger partial charge in [0.2, 0.25) is 11.8 Å². The van der Waals surface area contributed by atoms with Crippen molar-refractivity contribution in [3.63, 3.8) is 0 Å². The molecule has 0 aromatic heterocycles. The maximum absolute atomic E-state index is 12.2. The summed E-state index contributed by atoms with van der Waals surface area (Å²) < 4.78 is 1.06. The van der Waals surface area contributed by atoms with Gasteiger partial charge in [-0.15, -0.1) is 0 Å². The minimum absolute atomic E-state index is 0.00566. The molecule has 1 saturated carbocycles. The largest absolute Gasteiger partial charge is 0.347 e. The highest BCUT2D eigenvalue weighted by Gasteiger charge is 2.44. The van der Waals surface area contributed by atoms with Crippen molar-refractivity contribution in [1.29, 1.82) is 0 Å². The summed E-state index contributed by atoms with van der Waals surface area (Å²) in [6, 6.07) is 8.03. The van der Waals surface area contributed by atoms with Crippen LogP contribution in [0.2, 0.25) is 0 Å². The zero-order valence-electron chi connectivity index (χ0n) is 12.6. The second-order valence-electron chi connectivity index (χ2n) is 6.13. The fourth-order valence-corrected chi connectivity index (χ4v) is 3.73. The molecule has 1 heterocycles. The Labute approximate surface area is 139 Å². The van der Waals surface area contributed by atoms with Crippen molar-refractivity contribution in [1.82, 2.24) is 10.2 Å². The highest BCUT2D eigenvalue weighted by atomic mass is 79.9. The molecule has 1 aliphatic carbocycles. The Morgan fingerprint density at radius 1 is 1.18 bits per heavy atom. The Morgan fingerprint density at radius 3 is 2.64 bits per heavy atom. The topological polar surface area (TPSA) is 49.4 Å². The molecular weight excluding hydrogens is 344 g/mol. The highest BCUT2D eigenvalue weighted by molar-refractivity contribution is 9.10. The fraction of sp³-hybridized carbons (Fsp3) is 0.529. The lowest BCUT2D eigenvalue weighted by Gasteiger charge is -2.26. The molecule has 118 valence electrons. The van der Waals surface area contributed by atoms with Crippen molar-refractivity contribution >= 4 is 27.7 Å². The summed E-state index contributed by atoms with van der Waals surface area (Å²) in [7, 11) is 0. The molecule has 2 aliphatic rings. The summed E-state index contributed by atoms with van der Waals surface area (Å²) in [6.45, 7) is 1.80. The number of amides is 2. The highest BCUT2D eigenvalue weighted by Crippen LogP contribution is 2.49. The SMILES string of the molecule is O=C(NCC(=O)N1CCCCC1)C1CC1c1ccccc1Br. The van der Waals surface area contributed by atoms with Gasteiger partial charge in [0.1, 0.15) is 0 Å². The van der Waals surface area contributed by atoms with Crippen LogP contribution < -0.4 is 5.32 Å². The van der Waals surface area contributed by atoms with Crippen LogP contribution in [0.3, 0.4) is 0 Å². The van der Waals surface area contributed by atoms with E-state index >= 15 is 0 Å². The fourth-order valence-electron chi connectivity index (χ4n) is 3.15. The number of likely N-dealkylation sites (tertiary alicyclic amines) is 1. The monoisotopic (exact) mass is 364 g/mol. The van der Waals surface area contributed by atoms with E-state index in [4.69, 9.17) is 0 Å². The minimum atomic E-state index is 0.00566. The Kier molecular flexibility index (Phi) is 4.81. The molecular formula is C17H21BrN2O2. The van der Waals surface area contributed by atoms with E-state index in [1.54, 1.807) is 0 Å². The number of piperidine rings is 1. The van der Waals surface area contributed by atoms with Crippen LogP contribution in [0.5, 0.6) is 0 Å². The predicted octanol–water partition coefficient (Wildman–Crippen LogP) is 2.68. The number of benzene rings is 1. The smallest absolute Gasteiger partial charge is 0.241 e. The van der Waals surface area contributed by atoms with E-state index in [9.17, 15) is 9.59 Å². The molecule has 1 aliphatic heterocycles. The molecule has 2 atom stereocenters. The van der Waals surface area contributed by atoms with Gasteiger partial charge >= 0.3 is 0 Å². The zero-order chi connectivity index (χ0) is 15.5. The van der Waals surface area contributed by atoms with Gasteiger partial charge in [0.15, 0.2) is 0 Å². The third-order valence-electron chi connectivity index (χ3n) is 4.55. The number of rotatable bonds is 4. The number of hydrogen-bond donors (Lipinski definition) is 1. The molecule has 1 aromatic carbocycles. The van der Waals surface area contributed by atoms with Crippen LogP contribution in [-0.4, -0.2) is 36.3 Å². The lowest BCUT2D eigenvalue weighted by atomic mass is 10.1. The van der Waals surface area contributed by atoms with Gasteiger partial charge < -0.3 is 10.2 Å². The van der Waals surface area contributed by atoms with Gasteiger partial charge in [-0.25, -0.2) is 0 Å². The van der Waals surface area contributed by atoms with E-state index in [1.807, 2.05) is 23.1 Å². The second kappa shape index (κ2) is 6.82. The normalized spacial score (nSPS) is 24.0. The molecule has 22 heavy (non-hydrogen) atoms. The van der Waals surface area contributed by atoms with Crippen LogP contribution in [0, 0.1) is 5.92 Å². The van der Waals surface area contributed by atoms with Gasteiger partial charge in [0.05, 0.1) is 6.54 Å². The van der Waals surface area contributed by atoms with Gasteiger partial charge in [0, 0.05) is 23.5 Å². The van der Waals surface area contributed by atoms with E-state index < -0.39 is 0 Å². The zero-order valence-corrected chi connectivity index (χ0v) is 14.1. The van der Waals surface area contributed by atoms with E-state index in [1.165, 1.54) is 12.0 Å². The first kappa shape index (κ1) is 15.5. The van der Waals surface area contributed by atoms with Crippen molar-refractivity contribution in [2.45, 2.75) is 31.6 Å². The Bertz CT molecular complexity index is 570. The molecule has 1 saturated heterocycles. The molecule has 2 fully saturated rings. The molecule has 3 rings (SSSR count). The first-order valence-electron chi connectivity index (χ1n) is 7.96. The summed E-state index contributed by atoms with van der Waals surface area (Å²) >= 11 is 3.54. The molecule has 0 radical (unpaired) electrons. The van der Waals surface area contributed by atoms with Crippen LogP contribution in [0.1, 0.15) is 37.2 Å². The molecule has 2 unspecified atom stereocenters. The molecule has 2 amide bonds. The molecule has 1 aromatic rings. The molecule has 1 N–H and O–H groups in total. The maximum Gasteiger partial charge on any atom is 0.241 e. The Morgan fingerprint density at radius 2 is 1.91 bits per heavy atom. The second-order valence-corrected chi connectivity index (χ2v) is 6.98. The summed E-state index contributed by atoms with van der Waals surface area (Å²) in [5, 5.41) is 2.82. The number of halogens is 1. The quantitative estimate of drug-likeness (QED) is 0.892. The summed E-state index contributed by atoms with van der Waals surface area (Å²) in [4.78, 5) is 26.1. The average molecular weight is 365 g/mol. The van der Waals surface area contributed by atoms with E-state index in [0.29, 0.717) is 0 Å². The molecule has 4 nitrogen and oxygen atoms in total. The number of nitrogens with zero attached hydrogens (tertiary/aromatic N) is 1. The minimum Gasteiger partial charge on any atom is -0.347 e. The number of carbonyl (C=O) groups is 2. The molecule has 5 heteroatoms. The van der Waals surface area contributed by atoms with E-state index in [-0.39, 0.29) is 30.2 Å². The lowest BCUT2D eigenvalue weighted by molar-refractivity contribution is -0.133. The van der Waals surface area contributed by atoms with Crippen LogP contribution in [0.4, 0.5) is 0 Å². The summed E-state index contributed by atoms with van der Waals surface area (Å²) in [5.41, 5.74) is 1.19. The number of nitrogens with one attached hydrogen (secondary N) is 1. The van der Waals surface area contributed by atoms with Gasteiger partial charge in [-0.1, -0.05) is 34.1 Å². The van der Waals surface area contributed by atoms with Crippen LogP contribution in [-0.2, 0) is 9.59 Å². The number of carbonyl (C=O) groups excluding carboxylic acids is 2. The van der Waals surface area contributed by atoms with Crippen molar-refractivity contribution in [2.24, 2.45) is 5.92 Å². The Hall–Kier alpha value is -1.36. The van der Waals surface area contributed by atoms with Crippen molar-refractivity contribution in [2.75, 3.05) is 19.6 Å². The average Bonchev–Trinajstić information content (AvgIpc) is 3.34. The van der Waals surface area contributed by atoms with Gasteiger partial charge in [0.25, 0.3) is 0 Å². The Balaban J connectivity index is 1.47. The maximum atomic E-state index is 12.2. The number of hydrogen-bond acceptors (Lipinski definition) is 2. The van der Waals surface area contributed by atoms with E-state index in [2.05, 4.69) is 27.3 Å². The van der Waals surface area contributed by atoms with Gasteiger partial charge in [-0.3, -0.25) is 9.59 Å². The summed E-state index contributed by atoms with van der Waals surface area (Å²) in [6.07, 6.45) is 4.22. The van der Waals surface area contributed by atoms with Crippen molar-refractivity contribution in [3.8, 4) is 0 Å². The lowest BCUT2D eigenvalue weighted by Crippen LogP contribution is -2.43. The van der Waals surface area contributed by atoms with Gasteiger partial charge in [-0.2, -0.15) is 0 Å². The van der Waals surface area contributed by atoms with Crippen LogP contribution in [0.25, 0.3) is 0 Å². The third-order valence-corrected chi connectivity index (χ3v) is 5.28. The summed E-state index contributed by atoms with van der Waals surface area (Å²) in [5.74, 6) is 0.339. The van der Waals surface area contributed by atoms with Gasteiger partial charge in [-0.05, 0) is 43.2 Å². The van der Waals surface area contributed by atoms with Crippen molar-refractivity contribution in [3.05, 3.63) is 34.3 Å². The predicted molar refractivity (Wildman–Crippen MR) is 88.4 cm³/mol. The van der Waals surface area contributed by atoms with Crippen LogP contribution >= 0.6 is 15.9 Å². The van der Waals surface area contributed by atoms with Crippen LogP contribution in [0.15, 0.2) is 28.7 Å². The molecule has 0 bridgehead atoms. The first-order chi connectivity index (χ1) is 10.7. The molecule has 0 spiro atoms. The van der Waals surface area contributed by atoms with E-state index in [0.717, 1.165) is 36.8 Å².